The first-order chi connectivity index (χ1) is 31.9. The highest BCUT2D eigenvalue weighted by atomic mass is 16.5. The van der Waals surface area contributed by atoms with Gasteiger partial charge in [-0.3, -0.25) is 4.79 Å². The van der Waals surface area contributed by atoms with Crippen LogP contribution < -0.4 is 9.47 Å². The fourth-order valence-corrected chi connectivity index (χ4v) is 10.5. The Kier molecular flexibility index (Phi) is 15.8. The van der Waals surface area contributed by atoms with Crippen LogP contribution in [0.3, 0.4) is 0 Å². The number of fused-ring (bicyclic) bond motifs is 2. The summed E-state index contributed by atoms with van der Waals surface area (Å²) in [6.45, 7) is 4.72. The van der Waals surface area contributed by atoms with E-state index in [1.54, 1.807) is 7.11 Å². The summed E-state index contributed by atoms with van der Waals surface area (Å²) in [5.74, 6) is 3.59. The van der Waals surface area contributed by atoms with E-state index in [1.807, 2.05) is 54.6 Å². The van der Waals surface area contributed by atoms with Crippen LogP contribution in [0, 0.1) is 11.8 Å². The van der Waals surface area contributed by atoms with Gasteiger partial charge in [-0.1, -0.05) is 136 Å². The number of benzene rings is 5. The van der Waals surface area contributed by atoms with Gasteiger partial charge in [-0.05, 0) is 182 Å². The first-order valence-corrected chi connectivity index (χ1v) is 24.7. The van der Waals surface area contributed by atoms with Gasteiger partial charge in [0.1, 0.15) is 17.8 Å². The number of hydrogen-bond donors (Lipinski definition) is 0. The molecule has 4 aliphatic carbocycles. The molecule has 0 aromatic heterocycles. The first-order valence-electron chi connectivity index (χ1n) is 24.7. The summed E-state index contributed by atoms with van der Waals surface area (Å²) in [5, 5.41) is 0. The van der Waals surface area contributed by atoms with E-state index < -0.39 is 0 Å². The smallest absolute Gasteiger partial charge is 0.343 e. The van der Waals surface area contributed by atoms with E-state index in [2.05, 4.69) is 86.7 Å². The van der Waals surface area contributed by atoms with Crippen molar-refractivity contribution in [1.82, 2.24) is 0 Å². The van der Waals surface area contributed by atoms with Gasteiger partial charge in [-0.2, -0.15) is 0 Å². The molecular weight excluding hydrogens is 797 g/mol. The van der Waals surface area contributed by atoms with Gasteiger partial charge in [0.05, 0.1) is 12.7 Å². The zero-order valence-corrected chi connectivity index (χ0v) is 39.1. The number of allylic oxidation sites excluding steroid dienone is 6. The number of ether oxygens (including phenoxy) is 2. The average Bonchev–Trinajstić information content (AvgIpc) is 3.35. The van der Waals surface area contributed by atoms with Crippen molar-refractivity contribution in [1.29, 1.82) is 0 Å². The molecule has 1 unspecified atom stereocenters. The molecule has 1 atom stereocenters. The van der Waals surface area contributed by atoms with Crippen molar-refractivity contribution in [2.45, 2.75) is 129 Å². The molecule has 0 bridgehead atoms. The van der Waals surface area contributed by atoms with Crippen LogP contribution in [0.2, 0.25) is 0 Å². The summed E-state index contributed by atoms with van der Waals surface area (Å²) in [7, 11) is 1.75. The van der Waals surface area contributed by atoms with E-state index in [-0.39, 0.29) is 5.97 Å². The minimum atomic E-state index is -0.325. The van der Waals surface area contributed by atoms with Gasteiger partial charge < -0.3 is 9.47 Å². The molecule has 65 heavy (non-hydrogen) atoms. The van der Waals surface area contributed by atoms with Crippen LogP contribution >= 0.6 is 0 Å². The molecular formula is C61H68O4. The third-order valence-corrected chi connectivity index (χ3v) is 14.5. The average molecular weight is 865 g/mol. The van der Waals surface area contributed by atoms with Gasteiger partial charge in [0.25, 0.3) is 0 Å². The first kappa shape index (κ1) is 45.8. The summed E-state index contributed by atoms with van der Waals surface area (Å²) in [6, 6.07) is 33.2. The van der Waals surface area contributed by atoms with E-state index in [0.717, 1.165) is 103 Å². The molecule has 5 aromatic rings. The Hall–Kier alpha value is -5.74. The molecule has 0 spiro atoms. The maximum absolute atomic E-state index is 13.7. The monoisotopic (exact) mass is 865 g/mol. The fraction of sp³-hybridized carbons (Fsp3) is 0.377. The Balaban J connectivity index is 0.000000228. The largest absolute Gasteiger partial charge is 0.496 e. The molecule has 336 valence electrons. The minimum absolute atomic E-state index is 0.325. The molecule has 0 heterocycles. The molecule has 4 aliphatic rings. The lowest BCUT2D eigenvalue weighted by Gasteiger charge is -2.27. The Morgan fingerprint density at radius 1 is 0.569 bits per heavy atom. The zero-order chi connectivity index (χ0) is 45.0. The maximum Gasteiger partial charge on any atom is 0.343 e. The summed E-state index contributed by atoms with van der Waals surface area (Å²) in [6.07, 6.45) is 32.3. The van der Waals surface area contributed by atoms with Gasteiger partial charge in [0, 0.05) is 16.7 Å². The molecule has 0 aliphatic heterocycles. The number of methoxy groups -OCH3 is 1. The van der Waals surface area contributed by atoms with E-state index in [0.29, 0.717) is 11.3 Å². The highest BCUT2D eigenvalue weighted by Crippen LogP contribution is 2.47. The predicted octanol–water partition coefficient (Wildman–Crippen LogP) is 15.9. The quantitative estimate of drug-likeness (QED) is 0.0886. The second-order valence-electron chi connectivity index (χ2n) is 19.1. The van der Waals surface area contributed by atoms with Crippen LogP contribution in [0.5, 0.6) is 11.5 Å². The summed E-state index contributed by atoms with van der Waals surface area (Å²) in [5.41, 5.74) is 15.1. The summed E-state index contributed by atoms with van der Waals surface area (Å²) >= 11 is 0. The molecule has 0 N–H and O–H groups in total. The molecule has 5 aromatic carbocycles. The lowest BCUT2D eigenvalue weighted by molar-refractivity contribution is 0.0735. The molecule has 0 radical (unpaired) electrons. The van der Waals surface area contributed by atoms with Crippen LogP contribution in [0.4, 0.5) is 0 Å². The van der Waals surface area contributed by atoms with Gasteiger partial charge in [-0.25, -0.2) is 4.79 Å². The van der Waals surface area contributed by atoms with Crippen molar-refractivity contribution in [2.24, 2.45) is 11.8 Å². The van der Waals surface area contributed by atoms with E-state index in [1.165, 1.54) is 103 Å². The number of hydrogen-bond acceptors (Lipinski definition) is 4. The number of carbonyl (C=O) groups excluding carboxylic acids is 2. The SMILES string of the molecule is CC1CCC(c2ccc(-c3ccc(C=O)cc3)cc2)CC1.COc1ccc2c(c1-c1c(OC(=O)c3ccc(C4=C/C=C/CCCC(C)CC/C=C\4)cc3)ccc3c1CCCC3)CCCC2. The van der Waals surface area contributed by atoms with Gasteiger partial charge >= 0.3 is 5.97 Å². The number of rotatable bonds is 8. The number of esters is 1. The molecule has 1 saturated carbocycles. The van der Waals surface area contributed by atoms with E-state index >= 15 is 0 Å². The van der Waals surface area contributed by atoms with Crippen molar-refractivity contribution >= 4 is 17.8 Å². The predicted molar refractivity (Wildman–Crippen MR) is 269 cm³/mol. The fourth-order valence-electron chi connectivity index (χ4n) is 10.5. The van der Waals surface area contributed by atoms with Crippen molar-refractivity contribution in [3.05, 3.63) is 172 Å². The lowest BCUT2D eigenvalue weighted by atomic mass is 9.79. The van der Waals surface area contributed by atoms with Crippen molar-refractivity contribution in [2.75, 3.05) is 7.11 Å². The Bertz CT molecular complexity index is 2480. The van der Waals surface area contributed by atoms with Gasteiger partial charge in [0.15, 0.2) is 0 Å². The van der Waals surface area contributed by atoms with Crippen molar-refractivity contribution < 1.29 is 19.1 Å². The van der Waals surface area contributed by atoms with Crippen LogP contribution in [-0.4, -0.2) is 19.4 Å². The molecule has 4 heteroatoms. The Morgan fingerprint density at radius 2 is 1.15 bits per heavy atom. The minimum Gasteiger partial charge on any atom is -0.496 e. The Labute approximate surface area is 388 Å². The maximum atomic E-state index is 13.7. The van der Waals surface area contributed by atoms with Crippen LogP contribution in [0.15, 0.2) is 127 Å². The Morgan fingerprint density at radius 3 is 1.80 bits per heavy atom. The highest BCUT2D eigenvalue weighted by Gasteiger charge is 2.27. The summed E-state index contributed by atoms with van der Waals surface area (Å²) in [4.78, 5) is 24.4. The van der Waals surface area contributed by atoms with Crippen LogP contribution in [0.1, 0.15) is 157 Å². The normalized spacial score (nSPS) is 21.5. The topological polar surface area (TPSA) is 52.6 Å². The van der Waals surface area contributed by atoms with E-state index in [9.17, 15) is 9.59 Å². The second kappa shape index (κ2) is 22.4. The molecule has 9 rings (SSSR count). The number of carbonyl (C=O) groups is 2. The third-order valence-electron chi connectivity index (χ3n) is 14.5. The van der Waals surface area contributed by atoms with Crippen LogP contribution in [-0.2, 0) is 25.7 Å². The van der Waals surface area contributed by atoms with Gasteiger partial charge in [0.2, 0.25) is 0 Å². The third kappa shape index (κ3) is 11.6. The molecule has 0 saturated heterocycles. The molecule has 4 nitrogen and oxygen atoms in total. The highest BCUT2D eigenvalue weighted by molar-refractivity contribution is 5.94. The number of aldehydes is 1. The lowest BCUT2D eigenvalue weighted by Crippen LogP contribution is -2.14. The van der Waals surface area contributed by atoms with Crippen LogP contribution in [0.25, 0.3) is 27.8 Å². The summed E-state index contributed by atoms with van der Waals surface area (Å²) < 4.78 is 12.3. The standard InChI is InChI=1S/C41H46O3.C20H22O/c1-29-13-5-3-4-6-15-30(16-8-7-14-29)31-21-23-34(24-22-31)41(42)44-38-28-26-33-18-10-12-20-36(33)40(38)39-35-19-11-9-17-32(35)25-27-37(39)43-2;1-15-2-6-17(7-3-15)19-10-12-20(13-11-19)18-8-4-16(14-21)5-9-18/h4,6,8,15-16,21-29H,3,5,7,9-14,17-20H2,1-2H3;4-5,8-15,17H,2-3,6-7H2,1H3/b6-4+,16-8-,30-15+;. The van der Waals surface area contributed by atoms with E-state index in [4.69, 9.17) is 9.47 Å². The molecule has 1 fully saturated rings. The van der Waals surface area contributed by atoms with Crippen molar-refractivity contribution in [3.63, 3.8) is 0 Å². The van der Waals surface area contributed by atoms with Gasteiger partial charge in [-0.15, -0.1) is 0 Å². The second-order valence-corrected chi connectivity index (χ2v) is 19.1. The molecule has 0 amide bonds. The number of aryl methyl sites for hydroxylation is 2. The zero-order valence-electron chi connectivity index (χ0n) is 39.1. The van der Waals surface area contributed by atoms with Crippen molar-refractivity contribution in [3.8, 4) is 33.8 Å².